The van der Waals surface area contributed by atoms with Gasteiger partial charge >= 0.3 is 6.09 Å². The van der Waals surface area contributed by atoms with Crippen molar-refractivity contribution in [3.8, 4) is 5.75 Å². The SMILES string of the molecule is CCCCC(NC(=O)c1ccc(Cl)cc1)N(Cc1ccc2c(c1)N=C(N)C(C)O2)C(=O)OC(C)(C)C. The van der Waals surface area contributed by atoms with E-state index in [-0.39, 0.29) is 18.6 Å². The largest absolute Gasteiger partial charge is 0.481 e. The average Bonchev–Trinajstić information content (AvgIpc) is 2.80. The fraction of sp³-hybridized carbons (Fsp3) is 0.444. The number of rotatable bonds is 8. The van der Waals surface area contributed by atoms with Gasteiger partial charge in [0.05, 0.1) is 6.54 Å². The van der Waals surface area contributed by atoms with E-state index >= 15 is 0 Å². The minimum absolute atomic E-state index is 0.197. The van der Waals surface area contributed by atoms with E-state index in [9.17, 15) is 9.59 Å². The third-order valence-corrected chi connectivity index (χ3v) is 5.84. The Kier molecular flexibility index (Phi) is 8.84. The highest BCUT2D eigenvalue weighted by atomic mass is 35.5. The van der Waals surface area contributed by atoms with Crippen molar-refractivity contribution in [2.75, 3.05) is 0 Å². The van der Waals surface area contributed by atoms with Gasteiger partial charge in [-0.2, -0.15) is 0 Å². The first-order chi connectivity index (χ1) is 17.0. The molecule has 2 aromatic carbocycles. The van der Waals surface area contributed by atoms with E-state index in [4.69, 9.17) is 26.8 Å². The van der Waals surface area contributed by atoms with Gasteiger partial charge in [-0.25, -0.2) is 9.79 Å². The third kappa shape index (κ3) is 7.37. The summed E-state index contributed by atoms with van der Waals surface area (Å²) in [6, 6.07) is 12.1. The van der Waals surface area contributed by atoms with Crippen LogP contribution in [0.2, 0.25) is 5.02 Å². The Labute approximate surface area is 217 Å². The van der Waals surface area contributed by atoms with E-state index < -0.39 is 17.9 Å². The smallest absolute Gasteiger partial charge is 0.412 e. The predicted octanol–water partition coefficient (Wildman–Crippen LogP) is 5.79. The molecule has 0 saturated carbocycles. The van der Waals surface area contributed by atoms with Crippen molar-refractivity contribution >= 4 is 35.1 Å². The van der Waals surface area contributed by atoms with Crippen LogP contribution in [0.1, 0.15) is 69.8 Å². The van der Waals surface area contributed by atoms with E-state index in [1.807, 2.05) is 45.9 Å². The molecule has 2 unspecified atom stereocenters. The van der Waals surface area contributed by atoms with Crippen molar-refractivity contribution < 1.29 is 19.1 Å². The Morgan fingerprint density at radius 1 is 1.22 bits per heavy atom. The van der Waals surface area contributed by atoms with E-state index in [0.717, 1.165) is 18.4 Å². The van der Waals surface area contributed by atoms with E-state index in [1.165, 1.54) is 0 Å². The molecule has 9 heteroatoms. The highest BCUT2D eigenvalue weighted by Gasteiger charge is 2.30. The summed E-state index contributed by atoms with van der Waals surface area (Å²) in [6.07, 6.45) is 0.850. The molecule has 0 bridgehead atoms. The second kappa shape index (κ2) is 11.6. The summed E-state index contributed by atoms with van der Waals surface area (Å²) in [5.74, 6) is 0.717. The molecule has 0 saturated heterocycles. The summed E-state index contributed by atoms with van der Waals surface area (Å²) in [4.78, 5) is 32.4. The lowest BCUT2D eigenvalue weighted by Gasteiger charge is -2.34. The van der Waals surface area contributed by atoms with Gasteiger partial charge in [0.25, 0.3) is 5.91 Å². The number of amidine groups is 1. The molecule has 1 aliphatic heterocycles. The Hall–Kier alpha value is -3.26. The van der Waals surface area contributed by atoms with Crippen LogP contribution in [0.25, 0.3) is 0 Å². The summed E-state index contributed by atoms with van der Waals surface area (Å²) in [7, 11) is 0. The van der Waals surface area contributed by atoms with Gasteiger partial charge in [-0.15, -0.1) is 0 Å². The monoisotopic (exact) mass is 514 g/mol. The average molecular weight is 515 g/mol. The van der Waals surface area contributed by atoms with E-state index in [0.29, 0.717) is 34.3 Å². The lowest BCUT2D eigenvalue weighted by Crippen LogP contribution is -2.51. The first kappa shape index (κ1) is 27.3. The van der Waals surface area contributed by atoms with Crippen molar-refractivity contribution in [2.45, 2.75) is 78.3 Å². The quantitative estimate of drug-likeness (QED) is 0.433. The summed E-state index contributed by atoms with van der Waals surface area (Å²) in [6.45, 7) is 9.52. The molecule has 3 rings (SSSR count). The Balaban J connectivity index is 1.92. The summed E-state index contributed by atoms with van der Waals surface area (Å²) in [5.41, 5.74) is 7.12. The zero-order chi connectivity index (χ0) is 26.5. The lowest BCUT2D eigenvalue weighted by molar-refractivity contribution is 0.00923. The fourth-order valence-corrected chi connectivity index (χ4v) is 3.81. The standard InChI is InChI=1S/C27H35ClN4O4/c1-6-7-8-23(31-25(33)19-10-12-20(28)13-11-19)32(26(34)36-27(3,4)5)16-18-9-14-22-21(15-18)30-24(29)17(2)35-22/h9-15,17,23H,6-8,16H2,1-5H3,(H2,29,30)(H,31,33). The molecular weight excluding hydrogens is 480 g/mol. The normalized spacial score (nSPS) is 15.7. The van der Waals surface area contributed by atoms with Crippen LogP contribution in [0.5, 0.6) is 5.75 Å². The van der Waals surface area contributed by atoms with Crippen LogP contribution in [0, 0.1) is 0 Å². The number of halogens is 1. The number of carbonyl (C=O) groups is 2. The molecule has 2 atom stereocenters. The maximum Gasteiger partial charge on any atom is 0.412 e. The molecule has 194 valence electrons. The Morgan fingerprint density at radius 2 is 1.92 bits per heavy atom. The van der Waals surface area contributed by atoms with Crippen LogP contribution in [0.4, 0.5) is 10.5 Å². The van der Waals surface area contributed by atoms with Gasteiger partial charge in [0, 0.05) is 10.6 Å². The fourth-order valence-electron chi connectivity index (χ4n) is 3.69. The molecule has 1 aliphatic rings. The second-order valence-electron chi connectivity index (χ2n) is 9.85. The first-order valence-electron chi connectivity index (χ1n) is 12.2. The van der Waals surface area contributed by atoms with Crippen LogP contribution >= 0.6 is 11.6 Å². The number of fused-ring (bicyclic) bond motifs is 1. The number of hydrogen-bond donors (Lipinski definition) is 2. The van der Waals surface area contributed by atoms with Gasteiger partial charge in [-0.3, -0.25) is 9.69 Å². The van der Waals surface area contributed by atoms with Crippen LogP contribution in [0.3, 0.4) is 0 Å². The van der Waals surface area contributed by atoms with Crippen molar-refractivity contribution in [2.24, 2.45) is 10.7 Å². The van der Waals surface area contributed by atoms with Crippen LogP contribution < -0.4 is 15.8 Å². The first-order valence-corrected chi connectivity index (χ1v) is 12.5. The predicted molar refractivity (Wildman–Crippen MR) is 142 cm³/mol. The molecule has 0 spiro atoms. The van der Waals surface area contributed by atoms with Gasteiger partial charge in [-0.05, 0) is 82.5 Å². The highest BCUT2D eigenvalue weighted by Crippen LogP contribution is 2.33. The molecule has 0 radical (unpaired) electrons. The Bertz CT molecular complexity index is 1110. The summed E-state index contributed by atoms with van der Waals surface area (Å²) < 4.78 is 11.5. The Morgan fingerprint density at radius 3 is 2.56 bits per heavy atom. The number of ether oxygens (including phenoxy) is 2. The van der Waals surface area contributed by atoms with E-state index in [1.54, 1.807) is 29.2 Å². The van der Waals surface area contributed by atoms with Crippen molar-refractivity contribution in [3.63, 3.8) is 0 Å². The number of benzene rings is 2. The third-order valence-electron chi connectivity index (χ3n) is 5.59. The number of amides is 2. The van der Waals surface area contributed by atoms with E-state index in [2.05, 4.69) is 17.2 Å². The number of nitrogens with one attached hydrogen (secondary N) is 1. The molecule has 0 aliphatic carbocycles. The number of aliphatic imine (C=N–C) groups is 1. The number of unbranched alkanes of at least 4 members (excludes halogenated alkanes) is 1. The maximum atomic E-state index is 13.4. The van der Waals surface area contributed by atoms with Crippen molar-refractivity contribution in [1.29, 1.82) is 0 Å². The number of nitrogens with zero attached hydrogens (tertiary/aromatic N) is 2. The molecule has 1 heterocycles. The van der Waals surface area contributed by atoms with Crippen LogP contribution in [-0.4, -0.2) is 40.6 Å². The molecule has 8 nitrogen and oxygen atoms in total. The van der Waals surface area contributed by atoms with Gasteiger partial charge in [0.2, 0.25) is 0 Å². The molecule has 2 amide bonds. The summed E-state index contributed by atoms with van der Waals surface area (Å²) in [5, 5.41) is 3.56. The molecular formula is C27H35ClN4O4. The van der Waals surface area contributed by atoms with Gasteiger partial charge in [-0.1, -0.05) is 31.0 Å². The topological polar surface area (TPSA) is 106 Å². The molecule has 3 N–H and O–H groups in total. The van der Waals surface area contributed by atoms with Crippen LogP contribution in [-0.2, 0) is 11.3 Å². The second-order valence-corrected chi connectivity index (χ2v) is 10.3. The zero-order valence-electron chi connectivity index (χ0n) is 21.5. The summed E-state index contributed by atoms with van der Waals surface area (Å²) >= 11 is 5.97. The molecule has 2 aromatic rings. The minimum Gasteiger partial charge on any atom is -0.481 e. The van der Waals surface area contributed by atoms with Crippen LogP contribution in [0.15, 0.2) is 47.5 Å². The van der Waals surface area contributed by atoms with Crippen molar-refractivity contribution in [1.82, 2.24) is 10.2 Å². The highest BCUT2D eigenvalue weighted by molar-refractivity contribution is 6.30. The van der Waals surface area contributed by atoms with Gasteiger partial charge in [0.15, 0.2) is 6.10 Å². The van der Waals surface area contributed by atoms with Crippen molar-refractivity contribution in [3.05, 3.63) is 58.6 Å². The minimum atomic E-state index is -0.705. The zero-order valence-corrected chi connectivity index (χ0v) is 22.3. The molecule has 0 aromatic heterocycles. The van der Waals surface area contributed by atoms with Gasteiger partial charge < -0.3 is 20.5 Å². The number of carbonyl (C=O) groups excluding carboxylic acids is 2. The number of hydrogen-bond acceptors (Lipinski definition) is 6. The molecule has 0 fully saturated rings. The number of nitrogens with two attached hydrogens (primary N) is 1. The van der Waals surface area contributed by atoms with Gasteiger partial charge in [0.1, 0.15) is 29.0 Å². The lowest BCUT2D eigenvalue weighted by atomic mass is 10.1. The maximum absolute atomic E-state index is 13.4. The molecule has 36 heavy (non-hydrogen) atoms.